The van der Waals surface area contributed by atoms with E-state index < -0.39 is 36.7 Å². The summed E-state index contributed by atoms with van der Waals surface area (Å²) in [5.41, 5.74) is 3.28. The summed E-state index contributed by atoms with van der Waals surface area (Å²) >= 11 is 0. The molecular formula is C8H10F3NO3. The summed E-state index contributed by atoms with van der Waals surface area (Å²) in [5.74, 6) is -1.30. The summed E-state index contributed by atoms with van der Waals surface area (Å²) in [7, 11) is 0. The van der Waals surface area contributed by atoms with Crippen molar-refractivity contribution in [3.8, 4) is 0 Å². The van der Waals surface area contributed by atoms with Crippen LogP contribution in [0.1, 0.15) is 13.3 Å². The highest BCUT2D eigenvalue weighted by atomic mass is 19.4. The predicted octanol–water partition coefficient (Wildman–Crippen LogP) is 0.914. The van der Waals surface area contributed by atoms with Crippen LogP contribution in [0.25, 0.3) is 0 Å². The van der Waals surface area contributed by atoms with Crippen molar-refractivity contribution in [1.82, 2.24) is 0 Å². The second kappa shape index (κ2) is 5.38. The van der Waals surface area contributed by atoms with Gasteiger partial charge in [0.25, 0.3) is 0 Å². The van der Waals surface area contributed by atoms with Gasteiger partial charge in [0.15, 0.2) is 0 Å². The Balaban J connectivity index is 3.98. The molecule has 0 fully saturated rings. The monoisotopic (exact) mass is 225 g/mol. The lowest BCUT2D eigenvalue weighted by Gasteiger charge is -2.06. The second-order valence-electron chi connectivity index (χ2n) is 2.72. The van der Waals surface area contributed by atoms with Crippen LogP contribution in [-0.2, 0) is 14.3 Å². The van der Waals surface area contributed by atoms with Crippen LogP contribution in [0.15, 0.2) is 11.8 Å². The molecule has 0 radical (unpaired) electrons. The molecule has 2 N–H and O–H groups in total. The molecule has 0 aromatic heterocycles. The van der Waals surface area contributed by atoms with Gasteiger partial charge in [-0.3, -0.25) is 9.59 Å². The number of Topliss-reactive ketones (excluding diaryl/α,β-unsaturated/α-hetero) is 1. The summed E-state index contributed by atoms with van der Waals surface area (Å²) < 4.78 is 39.7. The minimum Gasteiger partial charge on any atom is -0.461 e. The van der Waals surface area contributed by atoms with E-state index in [-0.39, 0.29) is 0 Å². The molecule has 0 aliphatic carbocycles. The van der Waals surface area contributed by atoms with Crippen LogP contribution in [0, 0.1) is 0 Å². The van der Waals surface area contributed by atoms with Gasteiger partial charge in [-0.1, -0.05) is 0 Å². The second-order valence-corrected chi connectivity index (χ2v) is 2.72. The molecule has 7 heteroatoms. The maximum Gasteiger partial charge on any atom is 0.430 e. The molecule has 4 nitrogen and oxygen atoms in total. The van der Waals surface area contributed by atoms with Crippen LogP contribution in [-0.4, -0.2) is 24.5 Å². The first-order valence-corrected chi connectivity index (χ1v) is 3.91. The van der Waals surface area contributed by atoms with E-state index in [1.54, 1.807) is 0 Å². The fourth-order valence-corrected chi connectivity index (χ4v) is 0.594. The number of ketones is 1. The maximum absolute atomic E-state index is 11.8. The third kappa shape index (κ3) is 6.53. The number of allylic oxidation sites excluding steroid dienone is 1. The van der Waals surface area contributed by atoms with Gasteiger partial charge < -0.3 is 10.5 Å². The van der Waals surface area contributed by atoms with Crippen LogP contribution >= 0.6 is 0 Å². The molecule has 0 saturated heterocycles. The zero-order chi connectivity index (χ0) is 12.1. The van der Waals surface area contributed by atoms with E-state index in [9.17, 15) is 22.8 Å². The highest BCUT2D eigenvalue weighted by Crippen LogP contribution is 2.20. The first-order chi connectivity index (χ1) is 6.73. The molecule has 0 heterocycles. The molecule has 0 spiro atoms. The van der Waals surface area contributed by atoms with Crippen molar-refractivity contribution in [2.45, 2.75) is 19.5 Å². The molecule has 15 heavy (non-hydrogen) atoms. The van der Waals surface area contributed by atoms with Crippen LogP contribution in [0.2, 0.25) is 0 Å². The molecule has 0 amide bonds. The predicted molar refractivity (Wildman–Crippen MR) is 44.6 cm³/mol. The van der Waals surface area contributed by atoms with Gasteiger partial charge in [0, 0.05) is 0 Å². The van der Waals surface area contributed by atoms with Gasteiger partial charge in [0.05, 0.1) is 0 Å². The quantitative estimate of drug-likeness (QED) is 0.570. The van der Waals surface area contributed by atoms with Gasteiger partial charge in [0.1, 0.15) is 24.5 Å². The summed E-state index contributed by atoms with van der Waals surface area (Å²) in [6.07, 6.45) is -4.56. The van der Waals surface area contributed by atoms with Crippen molar-refractivity contribution >= 4 is 11.8 Å². The summed E-state index contributed by atoms with van der Waals surface area (Å²) in [6.45, 7) is 0.568. The topological polar surface area (TPSA) is 69.4 Å². The largest absolute Gasteiger partial charge is 0.461 e. The van der Waals surface area contributed by atoms with E-state index in [0.29, 0.717) is 6.08 Å². The molecule has 0 unspecified atom stereocenters. The number of halogens is 3. The van der Waals surface area contributed by atoms with Crippen molar-refractivity contribution < 1.29 is 27.5 Å². The normalized spacial score (nSPS) is 12.4. The van der Waals surface area contributed by atoms with Gasteiger partial charge >= 0.3 is 12.1 Å². The number of carbonyl (C=O) groups excluding carboxylic acids is 2. The number of esters is 1. The van der Waals surface area contributed by atoms with E-state index in [1.165, 1.54) is 6.92 Å². The highest BCUT2D eigenvalue weighted by Gasteiger charge is 2.31. The summed E-state index contributed by atoms with van der Waals surface area (Å²) in [5, 5.41) is 0. The van der Waals surface area contributed by atoms with E-state index >= 15 is 0 Å². The lowest BCUT2D eigenvalue weighted by Crippen LogP contribution is -2.20. The van der Waals surface area contributed by atoms with Gasteiger partial charge in [-0.25, -0.2) is 0 Å². The third-order valence-corrected chi connectivity index (χ3v) is 1.27. The van der Waals surface area contributed by atoms with Crippen LogP contribution in [0.4, 0.5) is 13.2 Å². The minimum atomic E-state index is -4.63. The van der Waals surface area contributed by atoms with Crippen molar-refractivity contribution in [3.63, 3.8) is 0 Å². The Kier molecular flexibility index (Phi) is 4.83. The van der Waals surface area contributed by atoms with E-state index in [2.05, 4.69) is 10.5 Å². The Morgan fingerprint density at radius 2 is 1.93 bits per heavy atom. The van der Waals surface area contributed by atoms with Gasteiger partial charge in [-0.2, -0.15) is 13.2 Å². The van der Waals surface area contributed by atoms with E-state index in [0.717, 1.165) is 0 Å². The zero-order valence-electron chi connectivity index (χ0n) is 7.93. The molecular weight excluding hydrogens is 215 g/mol. The molecule has 0 atom stereocenters. The third-order valence-electron chi connectivity index (χ3n) is 1.27. The van der Waals surface area contributed by atoms with Gasteiger partial charge in [-0.15, -0.1) is 0 Å². The minimum absolute atomic E-state index is 0.423. The number of hydrogen-bond acceptors (Lipinski definition) is 4. The van der Waals surface area contributed by atoms with Crippen molar-refractivity contribution in [3.05, 3.63) is 11.8 Å². The number of nitrogens with two attached hydrogens (primary N) is 1. The number of rotatable bonds is 4. The SMILES string of the molecule is CC(=O)CC(=O)OC/C=C(\N)C(F)(F)F. The van der Waals surface area contributed by atoms with Crippen LogP contribution < -0.4 is 5.73 Å². The molecule has 0 saturated carbocycles. The molecule has 0 aliphatic heterocycles. The van der Waals surface area contributed by atoms with E-state index in [4.69, 9.17) is 0 Å². The van der Waals surface area contributed by atoms with Gasteiger partial charge in [-0.05, 0) is 13.0 Å². The Hall–Kier alpha value is -1.53. The Morgan fingerprint density at radius 3 is 2.33 bits per heavy atom. The Labute approximate surface area is 83.9 Å². The number of hydrogen-bond donors (Lipinski definition) is 1. The maximum atomic E-state index is 11.8. The Morgan fingerprint density at radius 1 is 1.40 bits per heavy atom. The molecule has 0 aromatic rings. The average Bonchev–Trinajstić information content (AvgIpc) is 2.00. The number of ether oxygens (including phenoxy) is 1. The van der Waals surface area contributed by atoms with Crippen molar-refractivity contribution in [2.24, 2.45) is 5.73 Å². The molecule has 0 bridgehead atoms. The lowest BCUT2D eigenvalue weighted by atomic mass is 10.3. The smallest absolute Gasteiger partial charge is 0.430 e. The fraction of sp³-hybridized carbons (Fsp3) is 0.500. The zero-order valence-corrected chi connectivity index (χ0v) is 7.93. The number of carbonyl (C=O) groups is 2. The highest BCUT2D eigenvalue weighted by molar-refractivity contribution is 5.94. The molecule has 0 aliphatic rings. The van der Waals surface area contributed by atoms with E-state index in [1.807, 2.05) is 0 Å². The van der Waals surface area contributed by atoms with Crippen molar-refractivity contribution in [2.75, 3.05) is 6.61 Å². The van der Waals surface area contributed by atoms with Crippen molar-refractivity contribution in [1.29, 1.82) is 0 Å². The first-order valence-electron chi connectivity index (χ1n) is 3.91. The standard InChI is InChI=1S/C8H10F3NO3/c1-5(13)4-7(14)15-3-2-6(12)8(9,10)11/h2H,3-4,12H2,1H3/b6-2-. The lowest BCUT2D eigenvalue weighted by molar-refractivity contribution is -0.144. The number of alkyl halides is 3. The molecule has 0 aromatic carbocycles. The first kappa shape index (κ1) is 13.5. The fourth-order valence-electron chi connectivity index (χ4n) is 0.594. The average molecular weight is 225 g/mol. The van der Waals surface area contributed by atoms with Crippen LogP contribution in [0.3, 0.4) is 0 Å². The van der Waals surface area contributed by atoms with Crippen LogP contribution in [0.5, 0.6) is 0 Å². The molecule has 86 valence electrons. The summed E-state index contributed by atoms with van der Waals surface area (Å²) in [6, 6.07) is 0. The Bertz CT molecular complexity index is 283. The summed E-state index contributed by atoms with van der Waals surface area (Å²) in [4.78, 5) is 21.1. The van der Waals surface area contributed by atoms with Gasteiger partial charge in [0.2, 0.25) is 0 Å². The molecule has 0 rings (SSSR count).